The Morgan fingerprint density at radius 3 is 2.89 bits per heavy atom. The third-order valence-electron chi connectivity index (χ3n) is 5.50. The van der Waals surface area contributed by atoms with Crippen LogP contribution in [0.15, 0.2) is 22.8 Å². The fourth-order valence-corrected chi connectivity index (χ4v) is 3.85. The first-order chi connectivity index (χ1) is 13.3. The Bertz CT molecular complexity index is 762. The average Bonchev–Trinajstić information content (AvgIpc) is 3.27. The first-order valence-corrected chi connectivity index (χ1v) is 9.46. The topological polar surface area (TPSA) is 118 Å². The summed E-state index contributed by atoms with van der Waals surface area (Å²) < 4.78 is 10.1. The van der Waals surface area contributed by atoms with Crippen LogP contribution < -0.4 is 10.6 Å². The molecule has 0 bridgehead atoms. The van der Waals surface area contributed by atoms with Gasteiger partial charge in [-0.05, 0) is 37.8 Å². The van der Waals surface area contributed by atoms with Crippen molar-refractivity contribution in [2.24, 2.45) is 5.92 Å². The SMILES string of the molecule is C[C@H](NC(=O)COC(=O)CN1C(=O)N[C@]2(CCCC[C@@H]2C)C1=O)c1ccco1. The van der Waals surface area contributed by atoms with E-state index in [2.05, 4.69) is 10.6 Å². The smallest absolute Gasteiger partial charge is 0.326 e. The summed E-state index contributed by atoms with van der Waals surface area (Å²) in [6.07, 6.45) is 4.77. The molecule has 1 spiro atoms. The zero-order valence-corrected chi connectivity index (χ0v) is 16.0. The van der Waals surface area contributed by atoms with Gasteiger partial charge in [-0.25, -0.2) is 4.79 Å². The quantitative estimate of drug-likeness (QED) is 0.560. The van der Waals surface area contributed by atoms with Gasteiger partial charge >= 0.3 is 12.0 Å². The van der Waals surface area contributed by atoms with Crippen LogP contribution in [-0.2, 0) is 19.1 Å². The average molecular weight is 391 g/mol. The van der Waals surface area contributed by atoms with Crippen LogP contribution in [0.3, 0.4) is 0 Å². The number of urea groups is 1. The lowest BCUT2D eigenvalue weighted by Crippen LogP contribution is -2.54. The van der Waals surface area contributed by atoms with Crippen molar-refractivity contribution < 1.29 is 28.3 Å². The second kappa shape index (κ2) is 8.04. The van der Waals surface area contributed by atoms with E-state index in [9.17, 15) is 19.2 Å². The highest BCUT2D eigenvalue weighted by Gasteiger charge is 2.55. The second-order valence-electron chi connectivity index (χ2n) is 7.40. The zero-order chi connectivity index (χ0) is 20.3. The lowest BCUT2D eigenvalue weighted by Gasteiger charge is -2.36. The van der Waals surface area contributed by atoms with Crippen LogP contribution in [0.5, 0.6) is 0 Å². The molecule has 9 heteroatoms. The minimum Gasteiger partial charge on any atom is -0.467 e. The number of nitrogens with zero attached hydrogens (tertiary/aromatic N) is 1. The standard InChI is InChI=1S/C19H25N3O6/c1-12-6-3-4-8-19(12)17(25)22(18(26)21-19)10-16(24)28-11-15(23)20-13(2)14-7-5-9-27-14/h5,7,9,12-13H,3-4,6,8,10-11H2,1-2H3,(H,20,23)(H,21,26)/t12-,13-,19-/m0/s1. The number of esters is 1. The third kappa shape index (κ3) is 3.88. The molecule has 0 aromatic carbocycles. The lowest BCUT2D eigenvalue weighted by atomic mass is 9.73. The number of nitrogens with one attached hydrogen (secondary N) is 2. The Morgan fingerprint density at radius 1 is 1.43 bits per heavy atom. The van der Waals surface area contributed by atoms with Gasteiger partial charge in [-0.1, -0.05) is 19.8 Å². The number of imide groups is 1. The van der Waals surface area contributed by atoms with Crippen LogP contribution in [0.2, 0.25) is 0 Å². The number of hydrogen-bond acceptors (Lipinski definition) is 6. The van der Waals surface area contributed by atoms with Gasteiger partial charge in [0.1, 0.15) is 17.8 Å². The van der Waals surface area contributed by atoms with Crippen LogP contribution in [0.25, 0.3) is 0 Å². The summed E-state index contributed by atoms with van der Waals surface area (Å²) in [5, 5.41) is 5.40. The van der Waals surface area contributed by atoms with E-state index in [0.29, 0.717) is 12.2 Å². The van der Waals surface area contributed by atoms with Crippen molar-refractivity contribution in [2.75, 3.05) is 13.2 Å². The van der Waals surface area contributed by atoms with E-state index < -0.39 is 42.5 Å². The van der Waals surface area contributed by atoms with E-state index in [4.69, 9.17) is 9.15 Å². The second-order valence-corrected chi connectivity index (χ2v) is 7.40. The molecule has 2 aliphatic rings. The molecule has 9 nitrogen and oxygen atoms in total. The molecule has 1 aromatic rings. The van der Waals surface area contributed by atoms with Crippen LogP contribution in [-0.4, -0.2) is 47.4 Å². The van der Waals surface area contributed by atoms with Crippen molar-refractivity contribution in [3.05, 3.63) is 24.2 Å². The lowest BCUT2D eigenvalue weighted by molar-refractivity contribution is -0.151. The molecule has 2 heterocycles. The molecule has 2 N–H and O–H groups in total. The number of rotatable bonds is 6. The number of furan rings is 1. The van der Waals surface area contributed by atoms with Gasteiger partial charge in [0.05, 0.1) is 12.3 Å². The van der Waals surface area contributed by atoms with Crippen molar-refractivity contribution >= 4 is 23.8 Å². The van der Waals surface area contributed by atoms with Crippen molar-refractivity contribution in [1.29, 1.82) is 0 Å². The number of carbonyl (C=O) groups is 4. The monoisotopic (exact) mass is 391 g/mol. The molecule has 1 aromatic heterocycles. The molecule has 0 unspecified atom stereocenters. The fraction of sp³-hybridized carbons (Fsp3) is 0.579. The van der Waals surface area contributed by atoms with Crippen molar-refractivity contribution in [1.82, 2.24) is 15.5 Å². The molecule has 152 valence electrons. The summed E-state index contributed by atoms with van der Waals surface area (Å²) in [5.74, 6) is -1.13. The van der Waals surface area contributed by atoms with E-state index in [0.717, 1.165) is 24.2 Å². The van der Waals surface area contributed by atoms with Crippen molar-refractivity contribution in [3.63, 3.8) is 0 Å². The first-order valence-electron chi connectivity index (χ1n) is 9.46. The van der Waals surface area contributed by atoms with Gasteiger partial charge in [0.2, 0.25) is 0 Å². The molecule has 1 aliphatic carbocycles. The number of amides is 4. The van der Waals surface area contributed by atoms with Gasteiger partial charge in [-0.3, -0.25) is 19.3 Å². The van der Waals surface area contributed by atoms with Crippen molar-refractivity contribution in [2.45, 2.75) is 51.1 Å². The highest BCUT2D eigenvalue weighted by atomic mass is 16.5. The Morgan fingerprint density at radius 2 is 2.21 bits per heavy atom. The van der Waals surface area contributed by atoms with Crippen molar-refractivity contribution in [3.8, 4) is 0 Å². The van der Waals surface area contributed by atoms with Crippen LogP contribution in [0.1, 0.15) is 51.3 Å². The summed E-state index contributed by atoms with van der Waals surface area (Å²) in [6, 6.07) is 2.46. The molecule has 1 saturated heterocycles. The third-order valence-corrected chi connectivity index (χ3v) is 5.50. The fourth-order valence-electron chi connectivity index (χ4n) is 3.85. The molecule has 28 heavy (non-hydrogen) atoms. The summed E-state index contributed by atoms with van der Waals surface area (Å²) in [4.78, 5) is 49.9. The molecule has 3 rings (SSSR count). The van der Waals surface area contributed by atoms with Gasteiger partial charge in [-0.15, -0.1) is 0 Å². The van der Waals surface area contributed by atoms with Crippen LogP contribution in [0.4, 0.5) is 4.79 Å². The molecule has 3 atom stereocenters. The maximum absolute atomic E-state index is 12.8. The minimum atomic E-state index is -0.925. The molecular formula is C19H25N3O6. The normalized spacial score (nSPS) is 25.5. The van der Waals surface area contributed by atoms with Gasteiger partial charge in [0.15, 0.2) is 6.61 Å². The summed E-state index contributed by atoms with van der Waals surface area (Å²) in [5.41, 5.74) is -0.925. The molecule has 2 fully saturated rings. The molecule has 0 radical (unpaired) electrons. The first kappa shape index (κ1) is 19.9. The van der Waals surface area contributed by atoms with Gasteiger partial charge in [-0.2, -0.15) is 0 Å². The van der Waals surface area contributed by atoms with E-state index in [1.54, 1.807) is 19.1 Å². The Balaban J connectivity index is 1.50. The van der Waals surface area contributed by atoms with E-state index in [1.807, 2.05) is 6.92 Å². The highest BCUT2D eigenvalue weighted by molar-refractivity contribution is 6.09. The Kier molecular flexibility index (Phi) is 5.71. The zero-order valence-electron chi connectivity index (χ0n) is 16.0. The summed E-state index contributed by atoms with van der Waals surface area (Å²) in [6.45, 7) is 2.65. The molecule has 1 saturated carbocycles. The molecule has 4 amide bonds. The van der Waals surface area contributed by atoms with Crippen LogP contribution in [0, 0.1) is 5.92 Å². The Labute approximate surface area is 162 Å². The minimum absolute atomic E-state index is 0.00702. The number of ether oxygens (including phenoxy) is 1. The van der Waals surface area contributed by atoms with Gasteiger partial charge in [0.25, 0.3) is 11.8 Å². The predicted molar refractivity (Wildman–Crippen MR) is 96.8 cm³/mol. The van der Waals surface area contributed by atoms with Gasteiger partial charge in [0, 0.05) is 0 Å². The highest BCUT2D eigenvalue weighted by Crippen LogP contribution is 2.38. The molecule has 1 aliphatic heterocycles. The summed E-state index contributed by atoms with van der Waals surface area (Å²) in [7, 11) is 0. The largest absolute Gasteiger partial charge is 0.467 e. The maximum Gasteiger partial charge on any atom is 0.326 e. The van der Waals surface area contributed by atoms with E-state index >= 15 is 0 Å². The maximum atomic E-state index is 12.8. The molecular weight excluding hydrogens is 366 g/mol. The number of hydrogen-bond donors (Lipinski definition) is 2. The van der Waals surface area contributed by atoms with E-state index in [1.165, 1.54) is 6.26 Å². The predicted octanol–water partition coefficient (Wildman–Crippen LogP) is 1.50. The number of carbonyl (C=O) groups excluding carboxylic acids is 4. The van der Waals surface area contributed by atoms with Gasteiger partial charge < -0.3 is 19.8 Å². The summed E-state index contributed by atoms with van der Waals surface area (Å²) >= 11 is 0. The van der Waals surface area contributed by atoms with Crippen LogP contribution >= 0.6 is 0 Å². The van der Waals surface area contributed by atoms with E-state index in [-0.39, 0.29) is 12.0 Å². The Hall–Kier alpha value is -2.84.